The first-order chi connectivity index (χ1) is 7.75. The molecule has 0 saturated heterocycles. The van der Waals surface area contributed by atoms with E-state index >= 15 is 0 Å². The molecule has 0 aliphatic rings. The maximum absolute atomic E-state index is 9.10. The highest BCUT2D eigenvalue weighted by Crippen LogP contribution is 2.18. The summed E-state index contributed by atoms with van der Waals surface area (Å²) >= 11 is 1.75. The lowest BCUT2D eigenvalue weighted by Crippen LogP contribution is -2.17. The van der Waals surface area contributed by atoms with Crippen molar-refractivity contribution in [3.63, 3.8) is 0 Å². The van der Waals surface area contributed by atoms with Crippen LogP contribution >= 0.6 is 11.3 Å². The molecule has 16 heavy (non-hydrogen) atoms. The minimum absolute atomic E-state index is 0.204. The van der Waals surface area contributed by atoms with Gasteiger partial charge in [-0.2, -0.15) is 0 Å². The van der Waals surface area contributed by atoms with Crippen LogP contribution in [0.2, 0.25) is 0 Å². The van der Waals surface area contributed by atoms with Gasteiger partial charge in [-0.05, 0) is 30.5 Å². The second kappa shape index (κ2) is 5.09. The fraction of sp³-hybridized carbons (Fsp3) is 0.250. The monoisotopic (exact) mass is 234 g/mol. The quantitative estimate of drug-likeness (QED) is 0.855. The third-order valence-corrected chi connectivity index (χ3v) is 3.42. The van der Waals surface area contributed by atoms with Crippen LogP contribution in [-0.4, -0.2) is 10.1 Å². The Morgan fingerprint density at radius 1 is 1.44 bits per heavy atom. The van der Waals surface area contributed by atoms with E-state index in [-0.39, 0.29) is 5.75 Å². The van der Waals surface area contributed by atoms with Gasteiger partial charge in [-0.15, -0.1) is 11.3 Å². The largest absolute Gasteiger partial charge is 0.506 e. The Kier molecular flexibility index (Phi) is 3.54. The summed E-state index contributed by atoms with van der Waals surface area (Å²) in [5.74, 6) is 0.204. The van der Waals surface area contributed by atoms with Crippen LogP contribution in [0.15, 0.2) is 35.8 Å². The molecule has 3 nitrogen and oxygen atoms in total. The third kappa shape index (κ3) is 2.81. The van der Waals surface area contributed by atoms with Crippen LogP contribution in [0.1, 0.15) is 23.5 Å². The topological polar surface area (TPSA) is 45.1 Å². The molecule has 0 spiro atoms. The average Bonchev–Trinajstić information content (AvgIpc) is 2.81. The normalized spacial score (nSPS) is 12.6. The van der Waals surface area contributed by atoms with Crippen LogP contribution < -0.4 is 5.32 Å². The van der Waals surface area contributed by atoms with Crippen molar-refractivity contribution in [1.29, 1.82) is 0 Å². The Morgan fingerprint density at radius 2 is 2.31 bits per heavy atom. The Bertz CT molecular complexity index is 425. The molecule has 2 heterocycles. The van der Waals surface area contributed by atoms with Gasteiger partial charge >= 0.3 is 0 Å². The molecule has 0 fully saturated rings. The molecule has 2 N–H and O–H groups in total. The van der Waals surface area contributed by atoms with Gasteiger partial charge in [0.25, 0.3) is 0 Å². The minimum Gasteiger partial charge on any atom is -0.506 e. The van der Waals surface area contributed by atoms with Crippen molar-refractivity contribution in [3.8, 4) is 5.75 Å². The standard InChI is InChI=1S/C12H14N2OS/c1-9(12-3-2-6-16-12)13-7-10-4-5-11(15)8-14-10/h2-6,8-9,13,15H,7H2,1H3/t9-/m1/s1. The summed E-state index contributed by atoms with van der Waals surface area (Å²) in [5, 5.41) is 14.6. The van der Waals surface area contributed by atoms with E-state index < -0.39 is 0 Å². The highest BCUT2D eigenvalue weighted by molar-refractivity contribution is 7.10. The summed E-state index contributed by atoms with van der Waals surface area (Å²) in [4.78, 5) is 5.44. The maximum Gasteiger partial charge on any atom is 0.133 e. The van der Waals surface area contributed by atoms with Crippen molar-refractivity contribution in [1.82, 2.24) is 10.3 Å². The summed E-state index contributed by atoms with van der Waals surface area (Å²) in [7, 11) is 0. The van der Waals surface area contributed by atoms with Gasteiger partial charge in [0.05, 0.1) is 11.9 Å². The molecule has 0 aromatic carbocycles. The van der Waals surface area contributed by atoms with Crippen molar-refractivity contribution in [3.05, 3.63) is 46.4 Å². The molecule has 0 amide bonds. The fourth-order valence-electron chi connectivity index (χ4n) is 1.42. The van der Waals surface area contributed by atoms with Crippen LogP contribution in [0.3, 0.4) is 0 Å². The van der Waals surface area contributed by atoms with E-state index in [2.05, 4.69) is 34.7 Å². The number of pyridine rings is 1. The molecule has 0 aliphatic heterocycles. The van der Waals surface area contributed by atoms with Gasteiger partial charge in [0.15, 0.2) is 0 Å². The number of thiophene rings is 1. The minimum atomic E-state index is 0.204. The van der Waals surface area contributed by atoms with Gasteiger partial charge in [0, 0.05) is 17.5 Å². The molecule has 4 heteroatoms. The van der Waals surface area contributed by atoms with Crippen LogP contribution in [-0.2, 0) is 6.54 Å². The second-order valence-corrected chi connectivity index (χ2v) is 4.61. The first-order valence-electron chi connectivity index (χ1n) is 5.16. The molecule has 2 aromatic rings. The number of nitrogens with one attached hydrogen (secondary N) is 1. The number of rotatable bonds is 4. The molecule has 0 saturated carbocycles. The summed E-state index contributed by atoms with van der Waals surface area (Å²) in [6.45, 7) is 2.84. The molecular formula is C12H14N2OS. The predicted octanol–water partition coefficient (Wildman–Crippen LogP) is 2.70. The molecule has 0 bridgehead atoms. The molecule has 2 rings (SSSR count). The van der Waals surface area contributed by atoms with Crippen LogP contribution in [0.25, 0.3) is 0 Å². The maximum atomic E-state index is 9.10. The van der Waals surface area contributed by atoms with E-state index in [1.807, 2.05) is 6.07 Å². The molecule has 0 unspecified atom stereocenters. The number of aromatic hydroxyl groups is 1. The lowest BCUT2D eigenvalue weighted by molar-refractivity contribution is 0.471. The third-order valence-electron chi connectivity index (χ3n) is 2.37. The lowest BCUT2D eigenvalue weighted by atomic mass is 10.2. The molecule has 84 valence electrons. The molecule has 0 radical (unpaired) electrons. The summed E-state index contributed by atoms with van der Waals surface area (Å²) in [6.07, 6.45) is 1.47. The second-order valence-electron chi connectivity index (χ2n) is 3.63. The Morgan fingerprint density at radius 3 is 2.94 bits per heavy atom. The van der Waals surface area contributed by atoms with Gasteiger partial charge in [0.2, 0.25) is 0 Å². The van der Waals surface area contributed by atoms with Gasteiger partial charge < -0.3 is 10.4 Å². The molecular weight excluding hydrogens is 220 g/mol. The summed E-state index contributed by atoms with van der Waals surface area (Å²) < 4.78 is 0. The highest BCUT2D eigenvalue weighted by atomic mass is 32.1. The van der Waals surface area contributed by atoms with E-state index in [0.29, 0.717) is 12.6 Å². The van der Waals surface area contributed by atoms with E-state index in [4.69, 9.17) is 5.11 Å². The van der Waals surface area contributed by atoms with Crippen molar-refractivity contribution >= 4 is 11.3 Å². The van der Waals surface area contributed by atoms with Crippen LogP contribution in [0, 0.1) is 0 Å². The lowest BCUT2D eigenvalue weighted by Gasteiger charge is -2.11. The van der Waals surface area contributed by atoms with Gasteiger partial charge in [-0.1, -0.05) is 6.07 Å². The van der Waals surface area contributed by atoms with Crippen molar-refractivity contribution in [2.24, 2.45) is 0 Å². The van der Waals surface area contributed by atoms with E-state index in [9.17, 15) is 0 Å². The first kappa shape index (κ1) is 11.1. The van der Waals surface area contributed by atoms with Gasteiger partial charge in [-0.3, -0.25) is 4.98 Å². The Labute approximate surface area is 98.8 Å². The number of nitrogens with zero attached hydrogens (tertiary/aromatic N) is 1. The van der Waals surface area contributed by atoms with Crippen molar-refractivity contribution in [2.75, 3.05) is 0 Å². The van der Waals surface area contributed by atoms with E-state index in [1.165, 1.54) is 11.1 Å². The van der Waals surface area contributed by atoms with E-state index in [1.54, 1.807) is 17.4 Å². The number of aromatic nitrogens is 1. The molecule has 2 aromatic heterocycles. The first-order valence-corrected chi connectivity index (χ1v) is 6.04. The highest BCUT2D eigenvalue weighted by Gasteiger charge is 2.05. The average molecular weight is 234 g/mol. The smallest absolute Gasteiger partial charge is 0.133 e. The summed E-state index contributed by atoms with van der Waals surface area (Å²) in [6, 6.07) is 7.97. The number of hydrogen-bond donors (Lipinski definition) is 2. The van der Waals surface area contributed by atoms with Crippen molar-refractivity contribution in [2.45, 2.75) is 19.5 Å². The zero-order chi connectivity index (χ0) is 11.4. The molecule has 0 aliphatic carbocycles. The van der Waals surface area contributed by atoms with Gasteiger partial charge in [0.1, 0.15) is 5.75 Å². The van der Waals surface area contributed by atoms with Crippen LogP contribution in [0.4, 0.5) is 0 Å². The SMILES string of the molecule is C[C@@H](NCc1ccc(O)cn1)c1cccs1. The Hall–Kier alpha value is -1.39. The van der Waals surface area contributed by atoms with E-state index in [0.717, 1.165) is 5.69 Å². The van der Waals surface area contributed by atoms with Crippen LogP contribution in [0.5, 0.6) is 5.75 Å². The fourth-order valence-corrected chi connectivity index (χ4v) is 2.18. The predicted molar refractivity (Wildman–Crippen MR) is 65.5 cm³/mol. The van der Waals surface area contributed by atoms with Crippen molar-refractivity contribution < 1.29 is 5.11 Å². The summed E-state index contributed by atoms with van der Waals surface area (Å²) in [5.41, 5.74) is 0.932. The Balaban J connectivity index is 1.90. The zero-order valence-corrected chi connectivity index (χ0v) is 9.87. The van der Waals surface area contributed by atoms with Gasteiger partial charge in [-0.25, -0.2) is 0 Å². The zero-order valence-electron chi connectivity index (χ0n) is 9.05. The number of hydrogen-bond acceptors (Lipinski definition) is 4. The molecule has 1 atom stereocenters.